The molecule has 1 heterocycles. The van der Waals surface area contributed by atoms with Crippen molar-refractivity contribution < 1.29 is 14.3 Å². The van der Waals surface area contributed by atoms with Gasteiger partial charge in [0.2, 0.25) is 5.76 Å². The minimum Gasteiger partial charge on any atom is -0.475 e. The minimum atomic E-state index is -1.26. The standard InChI is InChI=1S/C16H14O4.CH4/c1-3-4-6-10(2)11-7-5-8-12-13(17)9-14(16(18)19)20-15(11)12;/h3-9H,1-2H3,(H,18,19);1H4/b4-3-,10-6+;. The van der Waals surface area contributed by atoms with Gasteiger partial charge >= 0.3 is 5.97 Å². The van der Waals surface area contributed by atoms with Gasteiger partial charge in [-0.3, -0.25) is 4.79 Å². The lowest BCUT2D eigenvalue weighted by Crippen LogP contribution is -2.07. The molecule has 1 aromatic carbocycles. The lowest BCUT2D eigenvalue weighted by atomic mass is 10.0. The molecule has 1 N–H and O–H groups in total. The van der Waals surface area contributed by atoms with Crippen LogP contribution in [0.5, 0.6) is 0 Å². The largest absolute Gasteiger partial charge is 0.475 e. The van der Waals surface area contributed by atoms with Crippen molar-refractivity contribution in [2.45, 2.75) is 21.3 Å². The second-order valence-corrected chi connectivity index (χ2v) is 4.34. The average molecular weight is 286 g/mol. The van der Waals surface area contributed by atoms with Gasteiger partial charge in [-0.05, 0) is 25.5 Å². The van der Waals surface area contributed by atoms with Crippen LogP contribution < -0.4 is 5.43 Å². The number of carbonyl (C=O) groups is 1. The lowest BCUT2D eigenvalue weighted by molar-refractivity contribution is 0.0663. The summed E-state index contributed by atoms with van der Waals surface area (Å²) in [6, 6.07) is 6.17. The van der Waals surface area contributed by atoms with Gasteiger partial charge in [-0.25, -0.2) is 4.79 Å². The van der Waals surface area contributed by atoms with Crippen molar-refractivity contribution in [2.75, 3.05) is 0 Å². The summed E-state index contributed by atoms with van der Waals surface area (Å²) in [5, 5.41) is 9.36. The third-order valence-electron chi connectivity index (χ3n) is 2.93. The molecule has 0 spiro atoms. The molecule has 4 heteroatoms. The molecular weight excluding hydrogens is 268 g/mol. The van der Waals surface area contributed by atoms with E-state index in [4.69, 9.17) is 9.52 Å². The van der Waals surface area contributed by atoms with Crippen LogP contribution in [0.4, 0.5) is 0 Å². The van der Waals surface area contributed by atoms with E-state index in [9.17, 15) is 9.59 Å². The molecule has 0 saturated carbocycles. The van der Waals surface area contributed by atoms with Gasteiger partial charge in [0.05, 0.1) is 5.39 Å². The second-order valence-electron chi connectivity index (χ2n) is 4.34. The van der Waals surface area contributed by atoms with Crippen molar-refractivity contribution in [1.29, 1.82) is 0 Å². The molecular formula is C17H18O4. The highest BCUT2D eigenvalue weighted by Crippen LogP contribution is 2.24. The monoisotopic (exact) mass is 286 g/mol. The zero-order valence-corrected chi connectivity index (χ0v) is 11.2. The lowest BCUT2D eigenvalue weighted by Gasteiger charge is -2.06. The van der Waals surface area contributed by atoms with Crippen molar-refractivity contribution in [2.24, 2.45) is 0 Å². The fourth-order valence-electron chi connectivity index (χ4n) is 1.92. The number of carboxylic acid groups (broad SMARTS) is 1. The molecule has 0 aliphatic carbocycles. The number of hydrogen-bond acceptors (Lipinski definition) is 3. The van der Waals surface area contributed by atoms with Crippen LogP contribution in [-0.2, 0) is 0 Å². The summed E-state index contributed by atoms with van der Waals surface area (Å²) >= 11 is 0. The maximum atomic E-state index is 11.9. The highest BCUT2D eigenvalue weighted by molar-refractivity contribution is 5.92. The van der Waals surface area contributed by atoms with E-state index < -0.39 is 5.97 Å². The number of aromatic carboxylic acids is 1. The maximum Gasteiger partial charge on any atom is 0.371 e. The Kier molecular flexibility index (Phi) is 5.24. The van der Waals surface area contributed by atoms with E-state index in [1.54, 1.807) is 18.2 Å². The Morgan fingerprint density at radius 2 is 2.05 bits per heavy atom. The fraction of sp³-hybridized carbons (Fsp3) is 0.176. The van der Waals surface area contributed by atoms with Crippen molar-refractivity contribution in [3.05, 3.63) is 64.0 Å². The molecule has 21 heavy (non-hydrogen) atoms. The van der Waals surface area contributed by atoms with Gasteiger partial charge in [-0.1, -0.05) is 37.8 Å². The molecule has 2 rings (SSSR count). The van der Waals surface area contributed by atoms with E-state index >= 15 is 0 Å². The quantitative estimate of drug-likeness (QED) is 0.862. The normalized spacial score (nSPS) is 11.6. The molecule has 0 unspecified atom stereocenters. The Morgan fingerprint density at radius 3 is 2.67 bits per heavy atom. The van der Waals surface area contributed by atoms with E-state index in [0.717, 1.165) is 11.6 Å². The van der Waals surface area contributed by atoms with Crippen LogP contribution in [-0.4, -0.2) is 11.1 Å². The smallest absolute Gasteiger partial charge is 0.371 e. The van der Waals surface area contributed by atoms with Gasteiger partial charge in [0, 0.05) is 11.6 Å². The van der Waals surface area contributed by atoms with Crippen molar-refractivity contribution in [3.63, 3.8) is 0 Å². The summed E-state index contributed by atoms with van der Waals surface area (Å²) in [6.07, 6.45) is 5.63. The van der Waals surface area contributed by atoms with E-state index in [1.807, 2.05) is 32.1 Å². The summed E-state index contributed by atoms with van der Waals surface area (Å²) in [5.74, 6) is -1.61. The molecule has 110 valence electrons. The predicted octanol–water partition coefficient (Wildman–Crippen LogP) is 4.11. The van der Waals surface area contributed by atoms with Crippen LogP contribution in [0.1, 0.15) is 37.4 Å². The molecule has 0 aliphatic rings. The fourth-order valence-corrected chi connectivity index (χ4v) is 1.92. The molecule has 1 aromatic heterocycles. The Hall–Kier alpha value is -2.62. The van der Waals surface area contributed by atoms with E-state index in [2.05, 4.69) is 0 Å². The summed E-state index contributed by atoms with van der Waals surface area (Å²) in [5.41, 5.74) is 1.54. The Labute approximate surface area is 123 Å². The van der Waals surface area contributed by atoms with E-state index in [1.165, 1.54) is 0 Å². The van der Waals surface area contributed by atoms with Gasteiger partial charge in [0.15, 0.2) is 5.43 Å². The number of carboxylic acids is 1. The molecule has 4 nitrogen and oxygen atoms in total. The highest BCUT2D eigenvalue weighted by Gasteiger charge is 2.13. The zero-order valence-electron chi connectivity index (χ0n) is 11.2. The summed E-state index contributed by atoms with van der Waals surface area (Å²) in [6.45, 7) is 3.78. The third kappa shape index (κ3) is 3.28. The Balaban J connectivity index is 0.00000220. The summed E-state index contributed by atoms with van der Waals surface area (Å²) < 4.78 is 5.37. The van der Waals surface area contributed by atoms with Gasteiger partial charge in [0.1, 0.15) is 5.58 Å². The first-order valence-corrected chi connectivity index (χ1v) is 6.14. The highest BCUT2D eigenvalue weighted by atomic mass is 16.4. The third-order valence-corrected chi connectivity index (χ3v) is 2.93. The first-order valence-electron chi connectivity index (χ1n) is 6.14. The first-order chi connectivity index (χ1) is 9.54. The molecule has 0 atom stereocenters. The SMILES string of the molecule is C.C/C=C\C=C(/C)c1cccc2c(=O)cc(C(=O)O)oc12. The second kappa shape index (κ2) is 6.70. The van der Waals surface area contributed by atoms with Crippen LogP contribution in [0.3, 0.4) is 0 Å². The molecule has 2 aromatic rings. The minimum absolute atomic E-state index is 0. The summed E-state index contributed by atoms with van der Waals surface area (Å²) in [4.78, 5) is 22.9. The van der Waals surface area contributed by atoms with Crippen LogP contribution in [0.2, 0.25) is 0 Å². The van der Waals surface area contributed by atoms with Gasteiger partial charge < -0.3 is 9.52 Å². The molecule has 0 radical (unpaired) electrons. The van der Waals surface area contributed by atoms with E-state index in [0.29, 0.717) is 16.5 Å². The zero-order chi connectivity index (χ0) is 14.7. The van der Waals surface area contributed by atoms with Crippen molar-refractivity contribution >= 4 is 22.5 Å². The molecule has 0 amide bonds. The predicted molar refractivity (Wildman–Crippen MR) is 84.6 cm³/mol. The maximum absolute atomic E-state index is 11.9. The summed E-state index contributed by atoms with van der Waals surface area (Å²) in [7, 11) is 0. The average Bonchev–Trinajstić information content (AvgIpc) is 2.44. The van der Waals surface area contributed by atoms with Crippen LogP contribution in [0.25, 0.3) is 16.5 Å². The van der Waals surface area contributed by atoms with Crippen LogP contribution in [0, 0.1) is 0 Å². The number of benzene rings is 1. The van der Waals surface area contributed by atoms with Crippen LogP contribution in [0.15, 0.2) is 51.7 Å². The molecule has 0 saturated heterocycles. The Bertz CT molecular complexity index is 779. The van der Waals surface area contributed by atoms with Gasteiger partial charge in [-0.2, -0.15) is 0 Å². The number of fused-ring (bicyclic) bond motifs is 1. The number of allylic oxidation sites excluding steroid dienone is 4. The van der Waals surface area contributed by atoms with Crippen molar-refractivity contribution in [3.8, 4) is 0 Å². The molecule has 0 aliphatic heterocycles. The van der Waals surface area contributed by atoms with Crippen molar-refractivity contribution in [1.82, 2.24) is 0 Å². The van der Waals surface area contributed by atoms with Gasteiger partial charge in [0.25, 0.3) is 0 Å². The number of para-hydroxylation sites is 1. The van der Waals surface area contributed by atoms with Crippen LogP contribution >= 0.6 is 0 Å². The topological polar surface area (TPSA) is 67.5 Å². The molecule has 0 bridgehead atoms. The van der Waals surface area contributed by atoms with Gasteiger partial charge in [-0.15, -0.1) is 0 Å². The number of hydrogen-bond donors (Lipinski definition) is 1. The molecule has 0 fully saturated rings. The number of rotatable bonds is 3. The first kappa shape index (κ1) is 16.4. The van der Waals surface area contributed by atoms with E-state index in [-0.39, 0.29) is 18.6 Å². The Morgan fingerprint density at radius 1 is 1.33 bits per heavy atom.